The zero-order valence-electron chi connectivity index (χ0n) is 13.5. The van der Waals surface area contributed by atoms with E-state index < -0.39 is 5.91 Å². The van der Waals surface area contributed by atoms with Crippen molar-refractivity contribution in [2.24, 2.45) is 5.73 Å². The van der Waals surface area contributed by atoms with Crippen molar-refractivity contribution in [3.8, 4) is 0 Å². The molecular weight excluding hydrogens is 342 g/mol. The van der Waals surface area contributed by atoms with Crippen molar-refractivity contribution in [1.29, 1.82) is 0 Å². The summed E-state index contributed by atoms with van der Waals surface area (Å²) in [5, 5.41) is 2.93. The van der Waals surface area contributed by atoms with Gasteiger partial charge in [0.2, 0.25) is 11.8 Å². The number of primary amides is 1. The molecule has 2 aromatic carbocycles. The van der Waals surface area contributed by atoms with Crippen molar-refractivity contribution in [2.75, 3.05) is 17.3 Å². The molecule has 0 spiro atoms. The normalized spacial score (nSPS) is 10.0. The van der Waals surface area contributed by atoms with Crippen molar-refractivity contribution < 1.29 is 14.4 Å². The van der Waals surface area contributed by atoms with Gasteiger partial charge in [-0.1, -0.05) is 18.2 Å². The van der Waals surface area contributed by atoms with Gasteiger partial charge in [0.15, 0.2) is 0 Å². The molecule has 7 heteroatoms. The molecule has 0 fully saturated rings. The number of rotatable bonds is 5. The first-order valence-electron chi connectivity index (χ1n) is 7.23. The Kier molecular flexibility index (Phi) is 5.56. The van der Waals surface area contributed by atoms with E-state index in [-0.39, 0.29) is 22.4 Å². The first-order valence-corrected chi connectivity index (χ1v) is 7.61. The molecule has 0 aliphatic carbocycles. The Morgan fingerprint density at radius 1 is 1.12 bits per heavy atom. The summed E-state index contributed by atoms with van der Waals surface area (Å²) >= 11 is 5.92. The Hall–Kier alpha value is -3.12. The Morgan fingerprint density at radius 3 is 2.32 bits per heavy atom. The SMILES string of the molecule is C=CC(=O)N(C)c1ccc(C(=O)Nc2cc(Cl)cc(C(N)=O)c2)cc1. The topological polar surface area (TPSA) is 92.5 Å². The lowest BCUT2D eigenvalue weighted by Gasteiger charge is -2.15. The molecule has 0 aliphatic rings. The smallest absolute Gasteiger partial charge is 0.255 e. The average Bonchev–Trinajstić information content (AvgIpc) is 2.59. The number of halogens is 1. The predicted octanol–water partition coefficient (Wildman–Crippen LogP) is 2.84. The van der Waals surface area contributed by atoms with Crippen LogP contribution >= 0.6 is 11.6 Å². The molecule has 0 bridgehead atoms. The standard InChI is InChI=1S/C18H16ClN3O3/c1-3-16(23)22(2)15-6-4-11(5-7-15)18(25)21-14-9-12(17(20)24)8-13(19)10-14/h3-10H,1H2,2H3,(H2,20,24)(H,21,25). The fourth-order valence-corrected chi connectivity index (χ4v) is 2.34. The van der Waals surface area contributed by atoms with Gasteiger partial charge in [0.1, 0.15) is 0 Å². The van der Waals surface area contributed by atoms with Crippen LogP contribution in [0.25, 0.3) is 0 Å². The Balaban J connectivity index is 2.17. The average molecular weight is 358 g/mol. The van der Waals surface area contributed by atoms with Gasteiger partial charge in [-0.3, -0.25) is 14.4 Å². The quantitative estimate of drug-likeness (QED) is 0.806. The fourth-order valence-electron chi connectivity index (χ4n) is 2.11. The second kappa shape index (κ2) is 7.63. The zero-order valence-corrected chi connectivity index (χ0v) is 14.2. The van der Waals surface area contributed by atoms with Gasteiger partial charge < -0.3 is 16.0 Å². The van der Waals surface area contributed by atoms with Gasteiger partial charge in [-0.2, -0.15) is 0 Å². The number of nitrogens with two attached hydrogens (primary N) is 1. The number of hydrogen-bond donors (Lipinski definition) is 2. The van der Waals surface area contributed by atoms with E-state index in [1.165, 1.54) is 29.2 Å². The molecule has 128 valence electrons. The van der Waals surface area contributed by atoms with Crippen LogP contribution in [0.1, 0.15) is 20.7 Å². The zero-order chi connectivity index (χ0) is 18.6. The molecule has 0 radical (unpaired) electrons. The summed E-state index contributed by atoms with van der Waals surface area (Å²) in [6, 6.07) is 10.8. The third-order valence-corrected chi connectivity index (χ3v) is 3.68. The summed E-state index contributed by atoms with van der Waals surface area (Å²) in [4.78, 5) is 36.5. The second-order valence-electron chi connectivity index (χ2n) is 5.20. The molecular formula is C18H16ClN3O3. The monoisotopic (exact) mass is 357 g/mol. The number of carbonyl (C=O) groups is 3. The number of likely N-dealkylation sites (N-methyl/N-ethyl adjacent to an activating group) is 1. The lowest BCUT2D eigenvalue weighted by molar-refractivity contribution is -0.113. The molecule has 2 aromatic rings. The van der Waals surface area contributed by atoms with Crippen molar-refractivity contribution in [3.05, 3.63) is 71.3 Å². The number of nitrogens with one attached hydrogen (secondary N) is 1. The van der Waals surface area contributed by atoms with Crippen LogP contribution in [0.15, 0.2) is 55.1 Å². The molecule has 0 saturated heterocycles. The largest absolute Gasteiger partial charge is 0.366 e. The van der Waals surface area contributed by atoms with Crippen LogP contribution in [-0.2, 0) is 4.79 Å². The number of carbonyl (C=O) groups excluding carboxylic acids is 3. The Morgan fingerprint density at radius 2 is 1.76 bits per heavy atom. The van der Waals surface area contributed by atoms with E-state index in [9.17, 15) is 14.4 Å². The summed E-state index contributed by atoms with van der Waals surface area (Å²) < 4.78 is 0. The first kappa shape index (κ1) is 18.2. The van der Waals surface area contributed by atoms with E-state index in [0.717, 1.165) is 0 Å². The molecule has 0 aliphatic heterocycles. The van der Waals surface area contributed by atoms with Crippen LogP contribution < -0.4 is 16.0 Å². The van der Waals surface area contributed by atoms with E-state index in [1.54, 1.807) is 31.3 Å². The van der Waals surface area contributed by atoms with Gasteiger partial charge in [0, 0.05) is 34.6 Å². The van der Waals surface area contributed by atoms with E-state index in [0.29, 0.717) is 16.9 Å². The molecule has 0 heterocycles. The van der Waals surface area contributed by atoms with Crippen molar-refractivity contribution in [1.82, 2.24) is 0 Å². The molecule has 0 saturated carbocycles. The Labute approximate surface area is 149 Å². The van der Waals surface area contributed by atoms with Crippen LogP contribution in [0.5, 0.6) is 0 Å². The lowest BCUT2D eigenvalue weighted by atomic mass is 10.1. The maximum Gasteiger partial charge on any atom is 0.255 e. The van der Waals surface area contributed by atoms with Gasteiger partial charge in [-0.25, -0.2) is 0 Å². The van der Waals surface area contributed by atoms with Gasteiger partial charge in [0.25, 0.3) is 5.91 Å². The van der Waals surface area contributed by atoms with Crippen LogP contribution in [0.4, 0.5) is 11.4 Å². The maximum atomic E-state index is 12.3. The number of anilines is 2. The molecule has 0 aromatic heterocycles. The van der Waals surface area contributed by atoms with Crippen LogP contribution in [-0.4, -0.2) is 24.8 Å². The van der Waals surface area contributed by atoms with Gasteiger partial charge in [-0.05, 0) is 48.5 Å². The summed E-state index contributed by atoms with van der Waals surface area (Å²) in [5.74, 6) is -1.28. The van der Waals surface area contributed by atoms with E-state index in [1.807, 2.05) is 0 Å². The minimum Gasteiger partial charge on any atom is -0.366 e. The minimum absolute atomic E-state index is 0.197. The third kappa shape index (κ3) is 4.45. The summed E-state index contributed by atoms with van der Waals surface area (Å²) in [6.45, 7) is 3.43. The molecule has 25 heavy (non-hydrogen) atoms. The van der Waals surface area contributed by atoms with E-state index >= 15 is 0 Å². The third-order valence-electron chi connectivity index (χ3n) is 3.46. The van der Waals surface area contributed by atoms with Crippen LogP contribution in [0.3, 0.4) is 0 Å². The van der Waals surface area contributed by atoms with E-state index in [2.05, 4.69) is 11.9 Å². The highest BCUT2D eigenvalue weighted by atomic mass is 35.5. The van der Waals surface area contributed by atoms with E-state index in [4.69, 9.17) is 17.3 Å². The van der Waals surface area contributed by atoms with Crippen LogP contribution in [0.2, 0.25) is 5.02 Å². The predicted molar refractivity (Wildman–Crippen MR) is 98.0 cm³/mol. The lowest BCUT2D eigenvalue weighted by Crippen LogP contribution is -2.23. The van der Waals surface area contributed by atoms with Gasteiger partial charge in [0.05, 0.1) is 0 Å². The number of nitrogens with zero attached hydrogens (tertiary/aromatic N) is 1. The first-order chi connectivity index (χ1) is 11.8. The summed E-state index contributed by atoms with van der Waals surface area (Å²) in [5.41, 5.74) is 6.78. The summed E-state index contributed by atoms with van der Waals surface area (Å²) in [6.07, 6.45) is 1.20. The maximum absolute atomic E-state index is 12.3. The molecule has 0 unspecified atom stereocenters. The second-order valence-corrected chi connectivity index (χ2v) is 5.63. The van der Waals surface area contributed by atoms with Crippen molar-refractivity contribution in [2.45, 2.75) is 0 Å². The van der Waals surface area contributed by atoms with Gasteiger partial charge in [-0.15, -0.1) is 0 Å². The highest BCUT2D eigenvalue weighted by Crippen LogP contribution is 2.20. The highest BCUT2D eigenvalue weighted by Gasteiger charge is 2.11. The van der Waals surface area contributed by atoms with Crippen LogP contribution in [0, 0.1) is 0 Å². The number of amides is 3. The fraction of sp³-hybridized carbons (Fsp3) is 0.0556. The molecule has 6 nitrogen and oxygen atoms in total. The molecule has 2 rings (SSSR count). The number of benzene rings is 2. The summed E-state index contributed by atoms with van der Waals surface area (Å²) in [7, 11) is 1.61. The minimum atomic E-state index is -0.641. The number of hydrogen-bond acceptors (Lipinski definition) is 3. The molecule has 0 atom stereocenters. The van der Waals surface area contributed by atoms with Crippen molar-refractivity contribution >= 4 is 40.7 Å². The highest BCUT2D eigenvalue weighted by molar-refractivity contribution is 6.31. The van der Waals surface area contributed by atoms with Gasteiger partial charge >= 0.3 is 0 Å². The Bertz CT molecular complexity index is 847. The van der Waals surface area contributed by atoms with Crippen molar-refractivity contribution in [3.63, 3.8) is 0 Å². The molecule has 3 amide bonds. The molecule has 3 N–H and O–H groups in total.